The molecule has 0 aliphatic heterocycles. The highest BCUT2D eigenvalue weighted by Crippen LogP contribution is 2.26. The molecule has 1 aromatic carbocycles. The topological polar surface area (TPSA) is 74.7 Å². The van der Waals surface area contributed by atoms with E-state index in [1.54, 1.807) is 20.2 Å². The molecule has 1 aromatic heterocycles. The first-order chi connectivity index (χ1) is 7.71. The van der Waals surface area contributed by atoms with Crippen LogP contribution in [0.2, 0.25) is 0 Å². The number of rotatable bonds is 2. The molecule has 0 fully saturated rings. The normalized spacial score (nSPS) is 12.1. The van der Waals surface area contributed by atoms with Gasteiger partial charge in [0.15, 0.2) is 5.58 Å². The fraction of sp³-hybridized carbons (Fsp3) is 0.300. The van der Waals surface area contributed by atoms with E-state index in [0.29, 0.717) is 11.1 Å². The van der Waals surface area contributed by atoms with Crippen LogP contribution in [-0.4, -0.2) is 31.1 Å². The van der Waals surface area contributed by atoms with Crippen molar-refractivity contribution in [1.29, 1.82) is 0 Å². The third-order valence-corrected chi connectivity index (χ3v) is 2.42. The Morgan fingerprint density at radius 3 is 2.62 bits per heavy atom. The van der Waals surface area contributed by atoms with Crippen LogP contribution in [0.3, 0.4) is 0 Å². The summed E-state index contributed by atoms with van der Waals surface area (Å²) in [7, 11) is 5.16. The van der Waals surface area contributed by atoms with Gasteiger partial charge in [-0.25, -0.2) is 4.99 Å². The molecule has 6 heteroatoms. The van der Waals surface area contributed by atoms with Gasteiger partial charge in [-0.15, -0.1) is 4.73 Å². The third-order valence-electron chi connectivity index (χ3n) is 2.42. The van der Waals surface area contributed by atoms with Crippen LogP contribution in [0.5, 0.6) is 0 Å². The van der Waals surface area contributed by atoms with Gasteiger partial charge in [0.1, 0.15) is 5.52 Å². The Morgan fingerprint density at radius 2 is 2.06 bits per heavy atom. The van der Waals surface area contributed by atoms with Gasteiger partial charge in [0.05, 0.1) is 5.69 Å². The first-order valence-electron chi connectivity index (χ1n) is 4.88. The SMILES string of the molecule is CN=c1oc2c(NC)cc(NC)cc2n1O. The van der Waals surface area contributed by atoms with Crippen molar-refractivity contribution in [1.82, 2.24) is 4.73 Å². The molecule has 86 valence electrons. The Kier molecular flexibility index (Phi) is 2.47. The zero-order chi connectivity index (χ0) is 11.7. The summed E-state index contributed by atoms with van der Waals surface area (Å²) in [5.41, 5.74) is 2.98. The van der Waals surface area contributed by atoms with Crippen molar-refractivity contribution in [3.63, 3.8) is 0 Å². The van der Waals surface area contributed by atoms with E-state index in [4.69, 9.17) is 4.42 Å². The molecule has 0 radical (unpaired) electrons. The number of benzene rings is 1. The number of fused-ring (bicyclic) bond motifs is 1. The summed E-state index contributed by atoms with van der Waals surface area (Å²) < 4.78 is 6.35. The van der Waals surface area contributed by atoms with Gasteiger partial charge in [0.2, 0.25) is 0 Å². The highest BCUT2D eigenvalue weighted by molar-refractivity contribution is 5.90. The van der Waals surface area contributed by atoms with Crippen LogP contribution in [0, 0.1) is 0 Å². The lowest BCUT2D eigenvalue weighted by molar-refractivity contribution is 0.167. The van der Waals surface area contributed by atoms with Crippen molar-refractivity contribution in [2.45, 2.75) is 0 Å². The molecule has 0 aliphatic rings. The van der Waals surface area contributed by atoms with E-state index in [-0.39, 0.29) is 5.68 Å². The maximum Gasteiger partial charge on any atom is 0.331 e. The second kappa shape index (κ2) is 3.80. The molecular weight excluding hydrogens is 208 g/mol. The van der Waals surface area contributed by atoms with Crippen molar-refractivity contribution < 1.29 is 9.62 Å². The first kappa shape index (κ1) is 10.4. The Balaban J connectivity index is 2.87. The molecule has 3 N–H and O–H groups in total. The van der Waals surface area contributed by atoms with Crippen LogP contribution in [0.4, 0.5) is 11.4 Å². The minimum Gasteiger partial charge on any atom is -0.424 e. The van der Waals surface area contributed by atoms with Gasteiger partial charge in [-0.1, -0.05) is 0 Å². The lowest BCUT2D eigenvalue weighted by Crippen LogP contribution is -2.12. The molecular formula is C10H14N4O2. The average Bonchev–Trinajstić information content (AvgIpc) is 2.65. The van der Waals surface area contributed by atoms with Crippen LogP contribution in [0.25, 0.3) is 11.1 Å². The minimum atomic E-state index is 0.166. The van der Waals surface area contributed by atoms with Crippen molar-refractivity contribution in [2.75, 3.05) is 31.8 Å². The van der Waals surface area contributed by atoms with E-state index in [1.807, 2.05) is 13.1 Å². The van der Waals surface area contributed by atoms with Gasteiger partial charge in [0, 0.05) is 26.8 Å². The molecule has 0 amide bonds. The van der Waals surface area contributed by atoms with Crippen molar-refractivity contribution in [2.24, 2.45) is 4.99 Å². The van der Waals surface area contributed by atoms with Crippen LogP contribution < -0.4 is 16.3 Å². The zero-order valence-corrected chi connectivity index (χ0v) is 9.40. The predicted molar refractivity (Wildman–Crippen MR) is 62.0 cm³/mol. The summed E-state index contributed by atoms with van der Waals surface area (Å²) in [6.07, 6.45) is 0. The molecule has 0 bridgehead atoms. The number of nitrogens with zero attached hydrogens (tertiary/aromatic N) is 2. The van der Waals surface area contributed by atoms with Crippen LogP contribution in [0.15, 0.2) is 21.5 Å². The lowest BCUT2D eigenvalue weighted by Gasteiger charge is -2.04. The molecule has 0 aliphatic carbocycles. The van der Waals surface area contributed by atoms with E-state index in [2.05, 4.69) is 15.6 Å². The fourth-order valence-corrected chi connectivity index (χ4v) is 1.59. The molecule has 0 unspecified atom stereocenters. The van der Waals surface area contributed by atoms with Crippen molar-refractivity contribution in [3.05, 3.63) is 17.8 Å². The minimum absolute atomic E-state index is 0.166. The Morgan fingerprint density at radius 1 is 1.31 bits per heavy atom. The van der Waals surface area contributed by atoms with Gasteiger partial charge in [-0.3, -0.25) is 0 Å². The predicted octanol–water partition coefficient (Wildman–Crippen LogP) is 1.09. The Hall–Kier alpha value is -2.11. The number of oxazole rings is 1. The van der Waals surface area contributed by atoms with Gasteiger partial charge in [-0.2, -0.15) is 0 Å². The van der Waals surface area contributed by atoms with Gasteiger partial charge in [-0.05, 0) is 12.1 Å². The molecule has 0 atom stereocenters. The van der Waals surface area contributed by atoms with Crippen molar-refractivity contribution in [3.8, 4) is 0 Å². The fourth-order valence-electron chi connectivity index (χ4n) is 1.59. The summed E-state index contributed by atoms with van der Waals surface area (Å²) in [6, 6.07) is 3.68. The summed E-state index contributed by atoms with van der Waals surface area (Å²) in [5, 5.41) is 15.8. The molecule has 0 saturated carbocycles. The summed E-state index contributed by atoms with van der Waals surface area (Å²) in [5.74, 6) is 0. The smallest absolute Gasteiger partial charge is 0.331 e. The average molecular weight is 222 g/mol. The van der Waals surface area contributed by atoms with Gasteiger partial charge in [0.25, 0.3) is 0 Å². The maximum absolute atomic E-state index is 9.80. The molecule has 1 heterocycles. The van der Waals surface area contributed by atoms with E-state index < -0.39 is 0 Å². The van der Waals surface area contributed by atoms with E-state index in [0.717, 1.165) is 16.1 Å². The number of aromatic nitrogens is 1. The van der Waals surface area contributed by atoms with Crippen molar-refractivity contribution >= 4 is 22.5 Å². The molecule has 16 heavy (non-hydrogen) atoms. The van der Waals surface area contributed by atoms with E-state index >= 15 is 0 Å². The monoisotopic (exact) mass is 222 g/mol. The van der Waals surface area contributed by atoms with Gasteiger partial charge < -0.3 is 20.3 Å². The van der Waals surface area contributed by atoms with E-state index in [9.17, 15) is 5.21 Å². The number of hydrogen-bond acceptors (Lipinski definition) is 5. The molecule has 6 nitrogen and oxygen atoms in total. The maximum atomic E-state index is 9.80. The summed E-state index contributed by atoms with van der Waals surface area (Å²) in [4.78, 5) is 3.84. The number of hydrogen-bond donors (Lipinski definition) is 3. The molecule has 2 aromatic rings. The number of anilines is 2. The molecule has 0 saturated heterocycles. The summed E-state index contributed by atoms with van der Waals surface area (Å²) >= 11 is 0. The third kappa shape index (κ3) is 1.39. The summed E-state index contributed by atoms with van der Waals surface area (Å²) in [6.45, 7) is 0. The first-order valence-corrected chi connectivity index (χ1v) is 4.88. The standard InChI is InChI=1S/C10H14N4O2/c1-11-6-4-7(12-2)9-8(5-6)14(15)10(13-3)16-9/h4-5,11-12,15H,1-3H3. The highest BCUT2D eigenvalue weighted by Gasteiger charge is 2.11. The highest BCUT2D eigenvalue weighted by atomic mass is 16.5. The van der Waals surface area contributed by atoms with Crippen LogP contribution in [0.1, 0.15) is 0 Å². The largest absolute Gasteiger partial charge is 0.424 e. The van der Waals surface area contributed by atoms with Crippen LogP contribution in [-0.2, 0) is 0 Å². The molecule has 0 spiro atoms. The number of nitrogens with one attached hydrogen (secondary N) is 2. The second-order valence-corrected chi connectivity index (χ2v) is 3.29. The molecule has 2 rings (SSSR count). The lowest BCUT2D eigenvalue weighted by atomic mass is 10.2. The quantitative estimate of drug-likeness (QED) is 0.665. The van der Waals surface area contributed by atoms with Gasteiger partial charge >= 0.3 is 5.68 Å². The zero-order valence-electron chi connectivity index (χ0n) is 9.40. The van der Waals surface area contributed by atoms with E-state index in [1.165, 1.54) is 0 Å². The van der Waals surface area contributed by atoms with Crippen LogP contribution >= 0.6 is 0 Å². The second-order valence-electron chi connectivity index (χ2n) is 3.29. The Labute approximate surface area is 92.2 Å². The Bertz CT molecular complexity index is 582.